The molecule has 6 nitrogen and oxygen atoms in total. The summed E-state index contributed by atoms with van der Waals surface area (Å²) in [6.07, 6.45) is 1.62. The second-order valence-corrected chi connectivity index (χ2v) is 9.26. The van der Waals surface area contributed by atoms with Gasteiger partial charge in [0.1, 0.15) is 11.4 Å². The van der Waals surface area contributed by atoms with Crippen LogP contribution in [0.15, 0.2) is 71.4 Å². The van der Waals surface area contributed by atoms with E-state index in [0.29, 0.717) is 34.5 Å². The maximum absolute atomic E-state index is 13.5. The summed E-state index contributed by atoms with van der Waals surface area (Å²) in [5, 5.41) is 10.5. The van der Waals surface area contributed by atoms with E-state index in [9.17, 15) is 18.7 Å². The number of aryl methyl sites for hydroxylation is 2. The van der Waals surface area contributed by atoms with Crippen molar-refractivity contribution in [2.75, 3.05) is 11.5 Å². The molecule has 3 aromatic rings. The van der Waals surface area contributed by atoms with Crippen LogP contribution in [0.1, 0.15) is 29.2 Å². The van der Waals surface area contributed by atoms with E-state index in [1.54, 1.807) is 30.3 Å². The lowest BCUT2D eigenvalue weighted by molar-refractivity contribution is -0.113. The molecule has 37 heavy (non-hydrogen) atoms. The van der Waals surface area contributed by atoms with Crippen molar-refractivity contribution in [1.82, 2.24) is 0 Å². The molecular formula is C28H26F2N2O4S. The molecule has 0 bridgehead atoms. The van der Waals surface area contributed by atoms with Crippen molar-refractivity contribution in [3.05, 3.63) is 88.6 Å². The highest BCUT2D eigenvalue weighted by atomic mass is 32.2. The molecule has 1 aliphatic heterocycles. The SMILES string of the molecule is CCOc1cc(/C=C2\N=C(SCc3cc(C)ccc3C)N(c3ccc(OC(F)F)cc3)C2=O)ccc1O. The summed E-state index contributed by atoms with van der Waals surface area (Å²) in [7, 11) is 0. The van der Waals surface area contributed by atoms with Crippen LogP contribution in [0.4, 0.5) is 14.5 Å². The zero-order chi connectivity index (χ0) is 26.5. The second kappa shape index (κ2) is 11.5. The van der Waals surface area contributed by atoms with E-state index in [4.69, 9.17) is 4.74 Å². The van der Waals surface area contributed by atoms with Crippen LogP contribution in [-0.4, -0.2) is 29.4 Å². The lowest BCUT2D eigenvalue weighted by Gasteiger charge is -2.18. The summed E-state index contributed by atoms with van der Waals surface area (Å²) in [4.78, 5) is 19.6. The topological polar surface area (TPSA) is 71.4 Å². The van der Waals surface area contributed by atoms with Crippen molar-refractivity contribution < 1.29 is 28.2 Å². The lowest BCUT2D eigenvalue weighted by atomic mass is 10.1. The molecular weight excluding hydrogens is 498 g/mol. The highest BCUT2D eigenvalue weighted by molar-refractivity contribution is 8.13. The molecule has 1 aliphatic rings. The van der Waals surface area contributed by atoms with Crippen LogP contribution in [0.5, 0.6) is 17.2 Å². The van der Waals surface area contributed by atoms with Gasteiger partial charge in [0.2, 0.25) is 0 Å². The van der Waals surface area contributed by atoms with Crippen LogP contribution in [0.25, 0.3) is 6.08 Å². The number of carbonyl (C=O) groups is 1. The number of rotatable bonds is 8. The van der Waals surface area contributed by atoms with E-state index in [1.807, 2.05) is 26.8 Å². The highest BCUT2D eigenvalue weighted by Crippen LogP contribution is 2.34. The van der Waals surface area contributed by atoms with Gasteiger partial charge in [-0.25, -0.2) is 4.99 Å². The summed E-state index contributed by atoms with van der Waals surface area (Å²) in [5.74, 6) is 0.529. The van der Waals surface area contributed by atoms with Crippen molar-refractivity contribution in [2.24, 2.45) is 4.99 Å². The van der Waals surface area contributed by atoms with E-state index in [-0.39, 0.29) is 23.1 Å². The van der Waals surface area contributed by atoms with Crippen molar-refractivity contribution >= 4 is 34.6 Å². The number of aliphatic imine (C=N–C) groups is 1. The van der Waals surface area contributed by atoms with Crippen LogP contribution in [0.3, 0.4) is 0 Å². The van der Waals surface area contributed by atoms with Gasteiger partial charge in [-0.3, -0.25) is 9.69 Å². The van der Waals surface area contributed by atoms with Gasteiger partial charge >= 0.3 is 6.61 Å². The molecule has 0 radical (unpaired) electrons. The fourth-order valence-electron chi connectivity index (χ4n) is 3.74. The number of phenols is 1. The first-order valence-corrected chi connectivity index (χ1v) is 12.6. The number of alkyl halides is 2. The molecule has 0 atom stereocenters. The van der Waals surface area contributed by atoms with Gasteiger partial charge in [0.05, 0.1) is 12.3 Å². The molecule has 192 valence electrons. The fraction of sp³-hybridized carbons (Fsp3) is 0.214. The van der Waals surface area contributed by atoms with Gasteiger partial charge in [-0.15, -0.1) is 0 Å². The van der Waals surface area contributed by atoms with Crippen molar-refractivity contribution in [1.29, 1.82) is 0 Å². The zero-order valence-corrected chi connectivity index (χ0v) is 21.4. The summed E-state index contributed by atoms with van der Waals surface area (Å²) in [5.41, 5.74) is 4.70. The molecule has 0 saturated heterocycles. The van der Waals surface area contributed by atoms with Crippen molar-refractivity contribution in [2.45, 2.75) is 33.1 Å². The first kappa shape index (κ1) is 26.2. The molecule has 0 aromatic heterocycles. The third-order valence-electron chi connectivity index (χ3n) is 5.60. The smallest absolute Gasteiger partial charge is 0.387 e. The highest BCUT2D eigenvalue weighted by Gasteiger charge is 2.32. The first-order chi connectivity index (χ1) is 17.7. The minimum atomic E-state index is -2.94. The monoisotopic (exact) mass is 524 g/mol. The number of halogens is 2. The molecule has 0 saturated carbocycles. The molecule has 3 aromatic carbocycles. The van der Waals surface area contributed by atoms with E-state index < -0.39 is 6.61 Å². The summed E-state index contributed by atoms with van der Waals surface area (Å²) < 4.78 is 35.1. The molecule has 0 fully saturated rings. The van der Waals surface area contributed by atoms with Gasteiger partial charge in [0, 0.05) is 5.75 Å². The Morgan fingerprint density at radius 3 is 2.54 bits per heavy atom. The molecule has 9 heteroatoms. The van der Waals surface area contributed by atoms with Gasteiger partial charge in [0.25, 0.3) is 5.91 Å². The van der Waals surface area contributed by atoms with Gasteiger partial charge in [-0.1, -0.05) is 41.6 Å². The Hall–Kier alpha value is -3.85. The number of amides is 1. The first-order valence-electron chi connectivity index (χ1n) is 11.6. The van der Waals surface area contributed by atoms with Gasteiger partial charge in [-0.05, 0) is 79.9 Å². The molecule has 4 rings (SSSR count). The Morgan fingerprint density at radius 1 is 1.08 bits per heavy atom. The van der Waals surface area contributed by atoms with Crippen LogP contribution in [0.2, 0.25) is 0 Å². The van der Waals surface area contributed by atoms with Crippen LogP contribution >= 0.6 is 11.8 Å². The van der Waals surface area contributed by atoms with Crippen LogP contribution < -0.4 is 14.4 Å². The second-order valence-electron chi connectivity index (χ2n) is 8.32. The Kier molecular flexibility index (Phi) is 8.13. The predicted octanol–water partition coefficient (Wildman–Crippen LogP) is 6.69. The molecule has 0 aliphatic carbocycles. The fourth-order valence-corrected chi connectivity index (χ4v) is 4.82. The number of hydrogen-bond donors (Lipinski definition) is 1. The normalized spacial score (nSPS) is 14.4. The number of carbonyl (C=O) groups excluding carboxylic acids is 1. The number of nitrogens with zero attached hydrogens (tertiary/aromatic N) is 2. The molecule has 0 unspecified atom stereocenters. The largest absolute Gasteiger partial charge is 0.504 e. The summed E-state index contributed by atoms with van der Waals surface area (Å²) in [6, 6.07) is 16.9. The Bertz CT molecular complexity index is 1360. The quantitative estimate of drug-likeness (QED) is 0.333. The molecule has 1 heterocycles. The van der Waals surface area contributed by atoms with Crippen LogP contribution in [-0.2, 0) is 10.5 Å². The number of hydrogen-bond acceptors (Lipinski definition) is 6. The minimum Gasteiger partial charge on any atom is -0.504 e. The van der Waals surface area contributed by atoms with E-state index in [2.05, 4.69) is 21.9 Å². The standard InChI is InChI=1S/C28H26F2N2O4S/c1-4-35-25-15-19(7-12-24(25)33)14-23-26(34)32(21-8-10-22(11-9-21)36-27(29)30)28(31-23)37-16-20-13-17(2)5-6-18(20)3/h5-15,27,33H,4,16H2,1-3H3/b23-14-. The average Bonchev–Trinajstić information content (AvgIpc) is 3.16. The molecule has 0 spiro atoms. The van der Waals surface area contributed by atoms with Crippen molar-refractivity contribution in [3.8, 4) is 17.2 Å². The van der Waals surface area contributed by atoms with E-state index in [1.165, 1.54) is 34.9 Å². The number of ether oxygens (including phenoxy) is 2. The predicted molar refractivity (Wildman–Crippen MR) is 142 cm³/mol. The zero-order valence-electron chi connectivity index (χ0n) is 20.6. The number of amidine groups is 1. The maximum Gasteiger partial charge on any atom is 0.387 e. The Balaban J connectivity index is 1.67. The minimum absolute atomic E-state index is 0.00255. The van der Waals surface area contributed by atoms with Gasteiger partial charge in [-0.2, -0.15) is 8.78 Å². The maximum atomic E-state index is 13.5. The molecule has 1 amide bonds. The number of thioether (sulfide) groups is 1. The van der Waals surface area contributed by atoms with Gasteiger partial charge < -0.3 is 14.6 Å². The van der Waals surface area contributed by atoms with Crippen molar-refractivity contribution in [3.63, 3.8) is 0 Å². The van der Waals surface area contributed by atoms with E-state index in [0.717, 1.165) is 16.7 Å². The summed E-state index contributed by atoms with van der Waals surface area (Å²) >= 11 is 1.41. The number of aromatic hydroxyl groups is 1. The number of anilines is 1. The lowest BCUT2D eigenvalue weighted by Crippen LogP contribution is -2.30. The molecule has 1 N–H and O–H groups in total. The Morgan fingerprint density at radius 2 is 1.84 bits per heavy atom. The number of phenolic OH excluding ortho intramolecular Hbond substituents is 1. The Labute approximate surface area is 218 Å². The number of benzene rings is 3. The third-order valence-corrected chi connectivity index (χ3v) is 6.59. The van der Waals surface area contributed by atoms with Gasteiger partial charge in [0.15, 0.2) is 16.7 Å². The van der Waals surface area contributed by atoms with E-state index >= 15 is 0 Å². The third kappa shape index (κ3) is 6.29. The average molecular weight is 525 g/mol. The summed E-state index contributed by atoms with van der Waals surface area (Å²) in [6.45, 7) is 3.30. The van der Waals surface area contributed by atoms with Crippen LogP contribution in [0, 0.1) is 13.8 Å².